The van der Waals surface area contributed by atoms with Gasteiger partial charge in [0.2, 0.25) is 0 Å². The molecule has 2 heterocycles. The largest absolute Gasteiger partial charge is 0.208 e. The summed E-state index contributed by atoms with van der Waals surface area (Å²) in [4.78, 5) is 15.1. The summed E-state index contributed by atoms with van der Waals surface area (Å²) < 4.78 is 2.44. The lowest BCUT2D eigenvalue weighted by Crippen LogP contribution is -2.00. The van der Waals surface area contributed by atoms with E-state index in [0.717, 1.165) is 16.7 Å². The highest BCUT2D eigenvalue weighted by Gasteiger charge is 2.17. The number of thiophene rings is 1. The van der Waals surface area contributed by atoms with Gasteiger partial charge in [0.25, 0.3) is 0 Å². The van der Waals surface area contributed by atoms with Crippen molar-refractivity contribution in [2.24, 2.45) is 0 Å². The highest BCUT2D eigenvalue weighted by atomic mass is 32.1. The second-order valence-electron chi connectivity index (χ2n) is 13.6. The number of hydrogen-bond acceptors (Lipinski definition) is 4. The molecule has 3 nitrogen and oxygen atoms in total. The lowest BCUT2D eigenvalue weighted by molar-refractivity contribution is 1.08. The van der Waals surface area contributed by atoms with Crippen LogP contribution in [0.1, 0.15) is 0 Å². The Balaban J connectivity index is 0.974. The maximum Gasteiger partial charge on any atom is 0.164 e. The van der Waals surface area contributed by atoms with Gasteiger partial charge in [-0.2, -0.15) is 0 Å². The van der Waals surface area contributed by atoms with E-state index in [9.17, 15) is 0 Å². The van der Waals surface area contributed by atoms with Crippen molar-refractivity contribution in [2.45, 2.75) is 0 Å². The van der Waals surface area contributed by atoms with Crippen molar-refractivity contribution in [3.8, 4) is 78.7 Å². The van der Waals surface area contributed by atoms with E-state index in [1.807, 2.05) is 60.7 Å². The Kier molecular flexibility index (Phi) is 8.36. The summed E-state index contributed by atoms with van der Waals surface area (Å²) in [5.74, 6) is 1.99. The average Bonchev–Trinajstić information content (AvgIpc) is 3.66. The van der Waals surface area contributed by atoms with Crippen LogP contribution < -0.4 is 0 Å². The maximum atomic E-state index is 5.07. The van der Waals surface area contributed by atoms with Crippen molar-refractivity contribution in [3.05, 3.63) is 200 Å². The molecule has 0 atom stereocenters. The van der Waals surface area contributed by atoms with Crippen LogP contribution in [0.25, 0.3) is 98.8 Å². The predicted molar refractivity (Wildman–Crippen MR) is 231 cm³/mol. The first-order valence-corrected chi connectivity index (χ1v) is 19.2. The number of hydrogen-bond donors (Lipinski definition) is 0. The molecule has 258 valence electrons. The zero-order valence-electron chi connectivity index (χ0n) is 29.8. The van der Waals surface area contributed by atoms with Gasteiger partial charge in [0, 0.05) is 36.9 Å². The Morgan fingerprint density at radius 3 is 1.13 bits per heavy atom. The monoisotopic (exact) mass is 719 g/mol. The molecule has 0 aliphatic heterocycles. The summed E-state index contributed by atoms with van der Waals surface area (Å²) in [6.07, 6.45) is 0. The fourth-order valence-electron chi connectivity index (χ4n) is 7.32. The number of fused-ring (bicyclic) bond motifs is 3. The van der Waals surface area contributed by atoms with Crippen molar-refractivity contribution in [1.29, 1.82) is 0 Å². The van der Waals surface area contributed by atoms with Gasteiger partial charge in [-0.1, -0.05) is 182 Å². The molecule has 8 aromatic carbocycles. The fourth-order valence-corrected chi connectivity index (χ4v) is 8.43. The van der Waals surface area contributed by atoms with Crippen LogP contribution in [0.2, 0.25) is 0 Å². The van der Waals surface area contributed by atoms with Gasteiger partial charge in [0.15, 0.2) is 17.5 Å². The maximum absolute atomic E-state index is 5.07. The molecule has 0 fully saturated rings. The van der Waals surface area contributed by atoms with E-state index < -0.39 is 0 Å². The molecule has 0 saturated heterocycles. The molecule has 55 heavy (non-hydrogen) atoms. The normalized spacial score (nSPS) is 11.3. The van der Waals surface area contributed by atoms with Gasteiger partial charge in [0.1, 0.15) is 0 Å². The molecule has 0 radical (unpaired) electrons. The van der Waals surface area contributed by atoms with E-state index in [1.54, 1.807) is 11.3 Å². The number of aromatic nitrogens is 3. The molecule has 0 unspecified atom stereocenters. The van der Waals surface area contributed by atoms with Crippen LogP contribution in [0.3, 0.4) is 0 Å². The summed E-state index contributed by atoms with van der Waals surface area (Å²) >= 11 is 1.80. The molecule has 4 heteroatoms. The summed E-state index contributed by atoms with van der Waals surface area (Å²) in [6, 6.07) is 70.6. The first kappa shape index (κ1) is 32.6. The molecular weight excluding hydrogens is 687 g/mol. The lowest BCUT2D eigenvalue weighted by Gasteiger charge is -2.10. The molecule has 2 aromatic heterocycles. The first-order valence-electron chi connectivity index (χ1n) is 18.4. The Labute approximate surface area is 323 Å². The van der Waals surface area contributed by atoms with E-state index in [-0.39, 0.29) is 0 Å². The molecule has 0 aliphatic carbocycles. The summed E-state index contributed by atoms with van der Waals surface area (Å²) in [5, 5.41) is 2.37. The first-order chi connectivity index (χ1) is 27.2. The van der Waals surface area contributed by atoms with E-state index in [0.29, 0.717) is 17.5 Å². The van der Waals surface area contributed by atoms with Crippen molar-refractivity contribution >= 4 is 31.5 Å². The predicted octanol–water partition coefficient (Wildman–Crippen LogP) is 13.9. The minimum absolute atomic E-state index is 0.661. The van der Waals surface area contributed by atoms with E-state index in [1.165, 1.54) is 64.7 Å². The van der Waals surface area contributed by atoms with Gasteiger partial charge in [-0.3, -0.25) is 0 Å². The van der Waals surface area contributed by atoms with Crippen LogP contribution in [0, 0.1) is 0 Å². The molecule has 0 aliphatic rings. The van der Waals surface area contributed by atoms with Gasteiger partial charge in [-0.25, -0.2) is 15.0 Å². The van der Waals surface area contributed by atoms with Crippen LogP contribution in [0.4, 0.5) is 0 Å². The fraction of sp³-hybridized carbons (Fsp3) is 0. The second-order valence-corrected chi connectivity index (χ2v) is 14.7. The molecule has 0 bridgehead atoms. The molecule has 10 rings (SSSR count). The molecule has 10 aromatic rings. The second kappa shape index (κ2) is 14.1. The molecule has 0 saturated carbocycles. The van der Waals surface area contributed by atoms with Gasteiger partial charge in [-0.05, 0) is 62.7 Å². The minimum Gasteiger partial charge on any atom is -0.208 e. The number of nitrogens with zero attached hydrogens (tertiary/aromatic N) is 3. The van der Waals surface area contributed by atoms with Gasteiger partial charge in [-0.15, -0.1) is 11.3 Å². The third-order valence-corrected chi connectivity index (χ3v) is 11.3. The van der Waals surface area contributed by atoms with Crippen molar-refractivity contribution in [1.82, 2.24) is 15.0 Å². The molecule has 0 amide bonds. The highest BCUT2D eigenvalue weighted by molar-refractivity contribution is 7.26. The third kappa shape index (κ3) is 6.39. The topological polar surface area (TPSA) is 38.7 Å². The minimum atomic E-state index is 0.661. The summed E-state index contributed by atoms with van der Waals surface area (Å²) in [7, 11) is 0. The summed E-state index contributed by atoms with van der Waals surface area (Å²) in [5.41, 5.74) is 12.5. The molecule has 0 N–H and O–H groups in total. The summed E-state index contributed by atoms with van der Waals surface area (Å²) in [6.45, 7) is 0. The quantitative estimate of drug-likeness (QED) is 0.165. The standard InChI is InChI=1S/C51H33N3S/c1-4-11-34(12-5-1)35-19-21-36(22-20-35)37-23-25-38(26-24-37)39-27-29-40(30-28-39)43-31-32-46-45(33-43)48-44(17-10-18-47(48)55-46)51-53-49(41-13-6-2-7-14-41)52-50(54-51)42-15-8-3-9-16-42/h1-33H. The van der Waals surface area contributed by atoms with Crippen molar-refractivity contribution in [2.75, 3.05) is 0 Å². The SMILES string of the molecule is c1ccc(-c2ccc(-c3ccc(-c4ccc(-c5ccc6sc7cccc(-c8nc(-c9ccccc9)nc(-c9ccccc9)n8)c7c6c5)cc4)cc3)cc2)cc1. The molecule has 0 spiro atoms. The highest BCUT2D eigenvalue weighted by Crippen LogP contribution is 2.41. The van der Waals surface area contributed by atoms with Crippen LogP contribution in [0.5, 0.6) is 0 Å². The number of benzene rings is 8. The molecular formula is C51H33N3S. The van der Waals surface area contributed by atoms with Crippen LogP contribution in [0.15, 0.2) is 200 Å². The van der Waals surface area contributed by atoms with E-state index >= 15 is 0 Å². The van der Waals surface area contributed by atoms with Crippen molar-refractivity contribution < 1.29 is 0 Å². The van der Waals surface area contributed by atoms with E-state index in [4.69, 9.17) is 15.0 Å². The van der Waals surface area contributed by atoms with Crippen LogP contribution in [-0.2, 0) is 0 Å². The van der Waals surface area contributed by atoms with E-state index in [2.05, 4.69) is 140 Å². The average molecular weight is 720 g/mol. The zero-order chi connectivity index (χ0) is 36.6. The Hall–Kier alpha value is -7.01. The van der Waals surface area contributed by atoms with Crippen LogP contribution in [-0.4, -0.2) is 15.0 Å². The smallest absolute Gasteiger partial charge is 0.164 e. The third-order valence-electron chi connectivity index (χ3n) is 10.2. The van der Waals surface area contributed by atoms with Crippen LogP contribution >= 0.6 is 11.3 Å². The Bertz CT molecular complexity index is 2860. The lowest BCUT2D eigenvalue weighted by atomic mass is 9.96. The Morgan fingerprint density at radius 2 is 0.655 bits per heavy atom. The van der Waals surface area contributed by atoms with Gasteiger partial charge in [0.05, 0.1) is 0 Å². The van der Waals surface area contributed by atoms with Gasteiger partial charge < -0.3 is 0 Å². The Morgan fingerprint density at radius 1 is 0.273 bits per heavy atom. The van der Waals surface area contributed by atoms with Gasteiger partial charge >= 0.3 is 0 Å². The van der Waals surface area contributed by atoms with Crippen molar-refractivity contribution in [3.63, 3.8) is 0 Å². The number of rotatable bonds is 7. The zero-order valence-corrected chi connectivity index (χ0v) is 30.6.